The molecule has 1 heterocycles. The summed E-state index contributed by atoms with van der Waals surface area (Å²) in [7, 11) is 1.82. The summed E-state index contributed by atoms with van der Waals surface area (Å²) < 4.78 is 2.00. The van der Waals surface area contributed by atoms with Gasteiger partial charge in [0.25, 0.3) is 0 Å². The van der Waals surface area contributed by atoms with Crippen molar-refractivity contribution in [1.82, 2.24) is 25.4 Å². The van der Waals surface area contributed by atoms with Crippen LogP contribution in [0.1, 0.15) is 25.7 Å². The Morgan fingerprint density at radius 2 is 2.06 bits per heavy atom. The molecule has 0 aromatic carbocycles. The predicted molar refractivity (Wildman–Crippen MR) is 71.3 cm³/mol. The molecule has 1 aliphatic rings. The largest absolute Gasteiger partial charge is 0.356 e. The summed E-state index contributed by atoms with van der Waals surface area (Å²) in [6.07, 6.45) is 8.46. The van der Waals surface area contributed by atoms with Crippen LogP contribution in [0.3, 0.4) is 0 Å². The van der Waals surface area contributed by atoms with E-state index in [1.54, 1.807) is 12.7 Å². The number of hydrogen-bond acceptors (Lipinski definition) is 3. The van der Waals surface area contributed by atoms with E-state index in [0.29, 0.717) is 0 Å². The molecular weight excluding hydrogens is 228 g/mol. The van der Waals surface area contributed by atoms with Gasteiger partial charge >= 0.3 is 0 Å². The normalized spacial score (nSPS) is 15.7. The van der Waals surface area contributed by atoms with E-state index in [1.807, 2.05) is 11.6 Å². The molecule has 1 fully saturated rings. The summed E-state index contributed by atoms with van der Waals surface area (Å²) in [5.41, 5.74) is 0. The average molecular weight is 250 g/mol. The molecular formula is C12H22N6. The van der Waals surface area contributed by atoms with E-state index in [9.17, 15) is 0 Å². The highest BCUT2D eigenvalue weighted by atomic mass is 15.2. The third-order valence-corrected chi connectivity index (χ3v) is 3.08. The summed E-state index contributed by atoms with van der Waals surface area (Å²) in [6, 6.07) is 0. The van der Waals surface area contributed by atoms with Crippen LogP contribution in [0, 0.1) is 5.92 Å². The molecule has 2 rings (SSSR count). The fourth-order valence-electron chi connectivity index (χ4n) is 1.75. The van der Waals surface area contributed by atoms with E-state index >= 15 is 0 Å². The first-order valence-electron chi connectivity index (χ1n) is 6.65. The molecule has 1 aromatic rings. The fourth-order valence-corrected chi connectivity index (χ4v) is 1.75. The molecule has 1 saturated carbocycles. The highest BCUT2D eigenvalue weighted by Gasteiger charge is 2.20. The number of aliphatic imine (C=N–C) groups is 1. The predicted octanol–water partition coefficient (Wildman–Crippen LogP) is 0.633. The number of nitrogens with one attached hydrogen (secondary N) is 2. The number of nitrogens with zero attached hydrogens (tertiary/aromatic N) is 4. The van der Waals surface area contributed by atoms with E-state index in [0.717, 1.165) is 44.4 Å². The van der Waals surface area contributed by atoms with Gasteiger partial charge in [0.15, 0.2) is 5.96 Å². The first kappa shape index (κ1) is 12.9. The van der Waals surface area contributed by atoms with Crippen LogP contribution in [-0.2, 0) is 6.54 Å². The Morgan fingerprint density at radius 3 is 2.72 bits per heavy atom. The van der Waals surface area contributed by atoms with Gasteiger partial charge in [-0.15, -0.1) is 10.2 Å². The van der Waals surface area contributed by atoms with Crippen molar-refractivity contribution in [3.05, 3.63) is 12.7 Å². The van der Waals surface area contributed by atoms with Crippen LogP contribution in [0.15, 0.2) is 17.6 Å². The maximum atomic E-state index is 4.20. The zero-order valence-corrected chi connectivity index (χ0v) is 11.0. The van der Waals surface area contributed by atoms with Crippen molar-refractivity contribution in [2.45, 2.75) is 32.2 Å². The number of aryl methyl sites for hydroxylation is 1. The fraction of sp³-hybridized carbons (Fsp3) is 0.750. The molecule has 0 atom stereocenters. The molecule has 0 aliphatic heterocycles. The summed E-state index contributed by atoms with van der Waals surface area (Å²) in [6.45, 7) is 2.98. The molecule has 1 aromatic heterocycles. The van der Waals surface area contributed by atoms with Gasteiger partial charge in [0, 0.05) is 26.7 Å². The minimum atomic E-state index is 0.872. The van der Waals surface area contributed by atoms with E-state index in [-0.39, 0.29) is 0 Å². The smallest absolute Gasteiger partial charge is 0.190 e. The van der Waals surface area contributed by atoms with Gasteiger partial charge in [-0.05, 0) is 31.6 Å². The SMILES string of the molecule is CN=C(NCCCCn1cnnc1)NCC1CC1. The second-order valence-corrected chi connectivity index (χ2v) is 4.73. The van der Waals surface area contributed by atoms with Gasteiger partial charge < -0.3 is 15.2 Å². The lowest BCUT2D eigenvalue weighted by Crippen LogP contribution is -2.38. The van der Waals surface area contributed by atoms with Gasteiger partial charge in [0.2, 0.25) is 0 Å². The average Bonchev–Trinajstić information content (AvgIpc) is 3.07. The highest BCUT2D eigenvalue weighted by molar-refractivity contribution is 5.79. The summed E-state index contributed by atoms with van der Waals surface area (Å²) in [4.78, 5) is 4.20. The van der Waals surface area contributed by atoms with Gasteiger partial charge in [-0.2, -0.15) is 0 Å². The van der Waals surface area contributed by atoms with E-state index in [1.165, 1.54) is 12.8 Å². The maximum Gasteiger partial charge on any atom is 0.190 e. The number of unbranched alkanes of at least 4 members (excludes halogenated alkanes) is 1. The van der Waals surface area contributed by atoms with Crippen LogP contribution in [-0.4, -0.2) is 40.9 Å². The van der Waals surface area contributed by atoms with Gasteiger partial charge in [-0.25, -0.2) is 0 Å². The lowest BCUT2D eigenvalue weighted by atomic mass is 10.3. The molecule has 6 heteroatoms. The molecule has 0 amide bonds. The first-order chi connectivity index (χ1) is 8.88. The Labute approximate surface area is 108 Å². The number of aromatic nitrogens is 3. The van der Waals surface area contributed by atoms with E-state index in [2.05, 4.69) is 25.8 Å². The zero-order valence-electron chi connectivity index (χ0n) is 11.0. The molecule has 0 saturated heterocycles. The maximum absolute atomic E-state index is 4.20. The van der Waals surface area contributed by atoms with Crippen LogP contribution in [0.25, 0.3) is 0 Å². The Hall–Kier alpha value is -1.59. The van der Waals surface area contributed by atoms with Gasteiger partial charge in [0.05, 0.1) is 0 Å². The summed E-state index contributed by atoms with van der Waals surface area (Å²) in [5.74, 6) is 1.79. The summed E-state index contributed by atoms with van der Waals surface area (Å²) >= 11 is 0. The second kappa shape index (κ2) is 6.98. The van der Waals surface area contributed by atoms with E-state index < -0.39 is 0 Å². The van der Waals surface area contributed by atoms with Crippen molar-refractivity contribution in [3.63, 3.8) is 0 Å². The Morgan fingerprint density at radius 1 is 1.28 bits per heavy atom. The van der Waals surface area contributed by atoms with Crippen LogP contribution < -0.4 is 10.6 Å². The van der Waals surface area contributed by atoms with Gasteiger partial charge in [0.1, 0.15) is 12.7 Å². The van der Waals surface area contributed by atoms with Crippen molar-refractivity contribution in [2.24, 2.45) is 10.9 Å². The van der Waals surface area contributed by atoms with Crippen molar-refractivity contribution in [1.29, 1.82) is 0 Å². The molecule has 18 heavy (non-hydrogen) atoms. The molecule has 1 aliphatic carbocycles. The molecule has 0 radical (unpaired) electrons. The molecule has 0 unspecified atom stereocenters. The topological polar surface area (TPSA) is 67.1 Å². The second-order valence-electron chi connectivity index (χ2n) is 4.73. The summed E-state index contributed by atoms with van der Waals surface area (Å²) in [5, 5.41) is 14.2. The van der Waals surface area contributed by atoms with Gasteiger partial charge in [-0.1, -0.05) is 0 Å². The number of hydrogen-bond donors (Lipinski definition) is 2. The minimum Gasteiger partial charge on any atom is -0.356 e. The standard InChI is InChI=1S/C12H22N6/c1-13-12(15-8-11-4-5-11)14-6-2-3-7-18-9-16-17-10-18/h9-11H,2-8H2,1H3,(H2,13,14,15). The third kappa shape index (κ3) is 4.73. The van der Waals surface area contributed by atoms with E-state index in [4.69, 9.17) is 0 Å². The Balaban J connectivity index is 1.50. The van der Waals surface area contributed by atoms with Crippen molar-refractivity contribution < 1.29 is 0 Å². The number of guanidine groups is 1. The monoisotopic (exact) mass is 250 g/mol. The van der Waals surface area contributed by atoms with Crippen molar-refractivity contribution in [2.75, 3.05) is 20.1 Å². The first-order valence-corrected chi connectivity index (χ1v) is 6.65. The van der Waals surface area contributed by atoms with Crippen molar-refractivity contribution in [3.8, 4) is 0 Å². The lowest BCUT2D eigenvalue weighted by molar-refractivity contribution is 0.597. The van der Waals surface area contributed by atoms with Crippen LogP contribution in [0.5, 0.6) is 0 Å². The lowest BCUT2D eigenvalue weighted by Gasteiger charge is -2.11. The van der Waals surface area contributed by atoms with Crippen LogP contribution in [0.4, 0.5) is 0 Å². The Bertz CT molecular complexity index is 355. The molecule has 6 nitrogen and oxygen atoms in total. The highest BCUT2D eigenvalue weighted by Crippen LogP contribution is 2.27. The molecule has 0 spiro atoms. The third-order valence-electron chi connectivity index (χ3n) is 3.08. The molecule has 0 bridgehead atoms. The van der Waals surface area contributed by atoms with Crippen molar-refractivity contribution >= 4 is 5.96 Å². The van der Waals surface area contributed by atoms with Crippen LogP contribution >= 0.6 is 0 Å². The minimum absolute atomic E-state index is 0.872. The van der Waals surface area contributed by atoms with Gasteiger partial charge in [-0.3, -0.25) is 4.99 Å². The molecule has 2 N–H and O–H groups in total. The Kier molecular flexibility index (Phi) is 4.99. The quantitative estimate of drug-likeness (QED) is 0.423. The molecule has 100 valence electrons. The zero-order chi connectivity index (χ0) is 12.6. The number of rotatable bonds is 7. The van der Waals surface area contributed by atoms with Crippen LogP contribution in [0.2, 0.25) is 0 Å².